The number of alkyl halides is 3. The number of nitrogens with zero attached hydrogens (tertiary/aromatic N) is 3. The Labute approximate surface area is 149 Å². The molecule has 0 radical (unpaired) electrons. The second-order valence-electron chi connectivity index (χ2n) is 5.94. The van der Waals surface area contributed by atoms with E-state index < -0.39 is 11.7 Å². The Morgan fingerprint density at radius 1 is 0.962 bits per heavy atom. The van der Waals surface area contributed by atoms with Crippen LogP contribution in [0.4, 0.5) is 30.4 Å². The molecule has 0 aliphatic rings. The van der Waals surface area contributed by atoms with Gasteiger partial charge < -0.3 is 10.2 Å². The first-order chi connectivity index (χ1) is 12.3. The SMILES string of the molecule is CN(C)c1cccc(-c2cncc(Nc3cccc(C(F)(F)F)c3)n2)c1. The summed E-state index contributed by atoms with van der Waals surface area (Å²) in [6.07, 6.45) is -1.30. The molecule has 134 valence electrons. The first kappa shape index (κ1) is 17.7. The molecule has 1 heterocycles. The summed E-state index contributed by atoms with van der Waals surface area (Å²) in [4.78, 5) is 10.6. The van der Waals surface area contributed by atoms with Gasteiger partial charge in [0.1, 0.15) is 5.82 Å². The zero-order valence-electron chi connectivity index (χ0n) is 14.2. The third-order valence-electron chi connectivity index (χ3n) is 3.76. The lowest BCUT2D eigenvalue weighted by Crippen LogP contribution is -2.08. The van der Waals surface area contributed by atoms with Gasteiger partial charge in [-0.2, -0.15) is 13.2 Å². The van der Waals surface area contributed by atoms with Gasteiger partial charge in [0.15, 0.2) is 0 Å². The minimum Gasteiger partial charge on any atom is -0.378 e. The van der Waals surface area contributed by atoms with Crippen LogP contribution in [-0.2, 0) is 6.18 Å². The molecule has 0 saturated carbocycles. The van der Waals surface area contributed by atoms with Crippen molar-refractivity contribution < 1.29 is 13.2 Å². The quantitative estimate of drug-likeness (QED) is 0.715. The lowest BCUT2D eigenvalue weighted by atomic mass is 10.1. The monoisotopic (exact) mass is 358 g/mol. The molecule has 1 N–H and O–H groups in total. The van der Waals surface area contributed by atoms with Crippen LogP contribution in [0.5, 0.6) is 0 Å². The van der Waals surface area contributed by atoms with Crippen molar-refractivity contribution in [1.29, 1.82) is 0 Å². The van der Waals surface area contributed by atoms with Crippen LogP contribution in [0.15, 0.2) is 60.9 Å². The molecule has 0 unspecified atom stereocenters. The van der Waals surface area contributed by atoms with Gasteiger partial charge in [0.2, 0.25) is 0 Å². The molecule has 7 heteroatoms. The minimum atomic E-state index is -4.39. The van der Waals surface area contributed by atoms with Gasteiger partial charge in [-0.3, -0.25) is 4.98 Å². The second-order valence-corrected chi connectivity index (χ2v) is 5.94. The molecule has 4 nitrogen and oxygen atoms in total. The Kier molecular flexibility index (Phi) is 4.79. The van der Waals surface area contributed by atoms with Crippen molar-refractivity contribution in [3.8, 4) is 11.3 Å². The summed E-state index contributed by atoms with van der Waals surface area (Å²) in [6, 6.07) is 12.7. The maximum atomic E-state index is 12.8. The maximum Gasteiger partial charge on any atom is 0.416 e. The molecular weight excluding hydrogens is 341 g/mol. The van der Waals surface area contributed by atoms with Gasteiger partial charge in [-0.25, -0.2) is 4.98 Å². The van der Waals surface area contributed by atoms with E-state index in [1.165, 1.54) is 12.3 Å². The second kappa shape index (κ2) is 7.03. The van der Waals surface area contributed by atoms with Gasteiger partial charge in [0.05, 0.1) is 23.7 Å². The first-order valence-electron chi connectivity index (χ1n) is 7.87. The molecule has 0 fully saturated rings. The fourth-order valence-electron chi connectivity index (χ4n) is 2.43. The van der Waals surface area contributed by atoms with E-state index in [0.29, 0.717) is 17.2 Å². The van der Waals surface area contributed by atoms with E-state index >= 15 is 0 Å². The van der Waals surface area contributed by atoms with Gasteiger partial charge in [-0.05, 0) is 30.3 Å². The highest BCUT2D eigenvalue weighted by atomic mass is 19.4. The Morgan fingerprint density at radius 3 is 2.46 bits per heavy atom. The van der Waals surface area contributed by atoms with Crippen molar-refractivity contribution >= 4 is 17.2 Å². The molecule has 0 aliphatic heterocycles. The summed E-state index contributed by atoms with van der Waals surface area (Å²) in [5.41, 5.74) is 2.10. The largest absolute Gasteiger partial charge is 0.416 e. The number of hydrogen-bond acceptors (Lipinski definition) is 4. The molecular formula is C19H17F3N4. The lowest BCUT2D eigenvalue weighted by Gasteiger charge is -2.14. The van der Waals surface area contributed by atoms with Crippen LogP contribution >= 0.6 is 0 Å². The predicted molar refractivity (Wildman–Crippen MR) is 96.5 cm³/mol. The Balaban J connectivity index is 1.88. The number of rotatable bonds is 4. The highest BCUT2D eigenvalue weighted by Crippen LogP contribution is 2.31. The smallest absolute Gasteiger partial charge is 0.378 e. The number of halogens is 3. The number of anilines is 3. The highest BCUT2D eigenvalue weighted by molar-refractivity contribution is 5.67. The summed E-state index contributed by atoms with van der Waals surface area (Å²) < 4.78 is 38.5. The van der Waals surface area contributed by atoms with E-state index in [9.17, 15) is 13.2 Å². The number of benzene rings is 2. The molecule has 1 aromatic heterocycles. The van der Waals surface area contributed by atoms with Gasteiger partial charge in [-0.15, -0.1) is 0 Å². The van der Waals surface area contributed by atoms with Crippen molar-refractivity contribution in [2.75, 3.05) is 24.3 Å². The van der Waals surface area contributed by atoms with E-state index in [-0.39, 0.29) is 0 Å². The van der Waals surface area contributed by atoms with E-state index in [2.05, 4.69) is 15.3 Å². The zero-order valence-corrected chi connectivity index (χ0v) is 14.2. The maximum absolute atomic E-state index is 12.8. The van der Waals surface area contributed by atoms with E-state index in [1.807, 2.05) is 43.3 Å². The fourth-order valence-corrected chi connectivity index (χ4v) is 2.43. The van der Waals surface area contributed by atoms with Crippen molar-refractivity contribution in [3.05, 3.63) is 66.5 Å². The topological polar surface area (TPSA) is 41.1 Å². The molecule has 26 heavy (non-hydrogen) atoms. The molecule has 0 bridgehead atoms. The molecule has 0 atom stereocenters. The normalized spacial score (nSPS) is 11.3. The molecule has 3 aromatic rings. The van der Waals surface area contributed by atoms with E-state index in [4.69, 9.17) is 0 Å². The number of aromatic nitrogens is 2. The highest BCUT2D eigenvalue weighted by Gasteiger charge is 2.30. The molecule has 0 amide bonds. The van der Waals surface area contributed by atoms with Gasteiger partial charge in [-0.1, -0.05) is 18.2 Å². The van der Waals surface area contributed by atoms with Crippen LogP contribution in [0, 0.1) is 0 Å². The third-order valence-corrected chi connectivity index (χ3v) is 3.76. The van der Waals surface area contributed by atoms with Crippen molar-refractivity contribution in [2.24, 2.45) is 0 Å². The Bertz CT molecular complexity index is 907. The van der Waals surface area contributed by atoms with Crippen molar-refractivity contribution in [3.63, 3.8) is 0 Å². The van der Waals surface area contributed by atoms with Crippen molar-refractivity contribution in [1.82, 2.24) is 9.97 Å². The number of nitrogens with one attached hydrogen (secondary N) is 1. The predicted octanol–water partition coefficient (Wildman–Crippen LogP) is 4.97. The van der Waals surface area contributed by atoms with Crippen LogP contribution < -0.4 is 10.2 Å². The lowest BCUT2D eigenvalue weighted by molar-refractivity contribution is -0.137. The van der Waals surface area contributed by atoms with Crippen LogP contribution in [0.3, 0.4) is 0 Å². The zero-order chi connectivity index (χ0) is 18.7. The van der Waals surface area contributed by atoms with Crippen LogP contribution in [0.25, 0.3) is 11.3 Å². The molecule has 3 rings (SSSR count). The molecule has 2 aromatic carbocycles. The standard InChI is InChI=1S/C19H17F3N4/c1-26(2)16-8-3-5-13(9-16)17-11-23-12-18(25-17)24-15-7-4-6-14(10-15)19(20,21)22/h3-12H,1-2H3,(H,24,25). The molecule has 0 spiro atoms. The average Bonchev–Trinajstić information content (AvgIpc) is 2.61. The summed E-state index contributed by atoms with van der Waals surface area (Å²) in [5, 5.41) is 2.88. The van der Waals surface area contributed by atoms with Crippen LogP contribution in [-0.4, -0.2) is 24.1 Å². The van der Waals surface area contributed by atoms with E-state index in [0.717, 1.165) is 23.4 Å². The number of hydrogen-bond donors (Lipinski definition) is 1. The average molecular weight is 358 g/mol. The third kappa shape index (κ3) is 4.11. The Morgan fingerprint density at radius 2 is 1.73 bits per heavy atom. The fraction of sp³-hybridized carbons (Fsp3) is 0.158. The van der Waals surface area contributed by atoms with Crippen molar-refractivity contribution in [2.45, 2.75) is 6.18 Å². The summed E-state index contributed by atoms with van der Waals surface area (Å²) in [5.74, 6) is 0.372. The van der Waals surface area contributed by atoms with Gasteiger partial charge >= 0.3 is 6.18 Å². The van der Waals surface area contributed by atoms with E-state index in [1.54, 1.807) is 12.3 Å². The van der Waals surface area contributed by atoms with Gasteiger partial charge in [0.25, 0.3) is 0 Å². The summed E-state index contributed by atoms with van der Waals surface area (Å²) >= 11 is 0. The summed E-state index contributed by atoms with van der Waals surface area (Å²) in [7, 11) is 3.88. The van der Waals surface area contributed by atoms with Gasteiger partial charge in [0, 0.05) is 31.0 Å². The Hall–Kier alpha value is -3.09. The minimum absolute atomic E-state index is 0.299. The first-order valence-corrected chi connectivity index (χ1v) is 7.87. The van der Waals surface area contributed by atoms with Crippen LogP contribution in [0.1, 0.15) is 5.56 Å². The summed E-state index contributed by atoms with van der Waals surface area (Å²) in [6.45, 7) is 0. The van der Waals surface area contributed by atoms with Crippen LogP contribution in [0.2, 0.25) is 0 Å². The molecule has 0 saturated heterocycles. The molecule has 0 aliphatic carbocycles.